The van der Waals surface area contributed by atoms with Gasteiger partial charge >= 0.3 is 5.97 Å². The molecule has 0 spiro atoms. The number of aliphatic imine (C=N–C) groups is 1. The minimum atomic E-state index is -0.304. The number of para-hydroxylation sites is 1. The van der Waals surface area contributed by atoms with Gasteiger partial charge in [0.15, 0.2) is 0 Å². The van der Waals surface area contributed by atoms with Gasteiger partial charge in [-0.25, -0.2) is 9.79 Å². The smallest absolute Gasteiger partial charge is 0.338 e. The summed E-state index contributed by atoms with van der Waals surface area (Å²) in [6, 6.07) is 17.8. The summed E-state index contributed by atoms with van der Waals surface area (Å²) in [5.41, 5.74) is 3.68. The Morgan fingerprint density at radius 1 is 1.23 bits per heavy atom. The Balaban J connectivity index is 1.82. The molecule has 1 heterocycles. The number of amidine groups is 1. The summed E-state index contributed by atoms with van der Waals surface area (Å²) in [4.78, 5) is 19.2. The van der Waals surface area contributed by atoms with E-state index in [9.17, 15) is 4.79 Å². The van der Waals surface area contributed by atoms with E-state index in [-0.39, 0.29) is 12.0 Å². The van der Waals surface area contributed by atoms with Crippen LogP contribution in [0, 0.1) is 0 Å². The first kappa shape index (κ1) is 22.2. The van der Waals surface area contributed by atoms with Crippen LogP contribution >= 0.6 is 0 Å². The monoisotopic (exact) mass is 415 g/mol. The molecule has 5 nitrogen and oxygen atoms in total. The predicted molar refractivity (Wildman–Crippen MR) is 126 cm³/mol. The molecule has 0 saturated carbocycles. The fourth-order valence-corrected chi connectivity index (χ4v) is 3.43. The van der Waals surface area contributed by atoms with Gasteiger partial charge < -0.3 is 15.0 Å². The van der Waals surface area contributed by atoms with Crippen molar-refractivity contribution in [2.24, 2.45) is 4.99 Å². The highest BCUT2D eigenvalue weighted by Gasteiger charge is 2.36. The van der Waals surface area contributed by atoms with Gasteiger partial charge in [-0.1, -0.05) is 55.1 Å². The molecule has 1 fully saturated rings. The molecular formula is C26H29N3O2. The topological polar surface area (TPSA) is 53.9 Å². The lowest BCUT2D eigenvalue weighted by molar-refractivity contribution is 0.0510. The third-order valence-electron chi connectivity index (χ3n) is 5.07. The molecule has 0 aromatic heterocycles. The van der Waals surface area contributed by atoms with Gasteiger partial charge in [-0.2, -0.15) is 0 Å². The molecule has 1 N–H and O–H groups in total. The van der Waals surface area contributed by atoms with Gasteiger partial charge in [-0.3, -0.25) is 0 Å². The van der Waals surface area contributed by atoms with E-state index in [2.05, 4.69) is 22.9 Å². The molecule has 160 valence electrons. The lowest BCUT2D eigenvalue weighted by atomic mass is 9.91. The van der Waals surface area contributed by atoms with Crippen LogP contribution in [0.15, 0.2) is 96.2 Å². The zero-order chi connectivity index (χ0) is 22.1. The highest BCUT2D eigenvalue weighted by molar-refractivity contribution is 5.93. The maximum Gasteiger partial charge on any atom is 0.338 e. The van der Waals surface area contributed by atoms with Crippen molar-refractivity contribution in [2.45, 2.75) is 19.4 Å². The lowest BCUT2D eigenvalue weighted by Gasteiger charge is -2.45. The van der Waals surface area contributed by atoms with E-state index in [1.54, 1.807) is 6.08 Å². The molecule has 5 heteroatoms. The van der Waals surface area contributed by atoms with Gasteiger partial charge in [-0.05, 0) is 49.9 Å². The normalized spacial score (nSPS) is 17.6. The van der Waals surface area contributed by atoms with Crippen LogP contribution in [-0.4, -0.2) is 36.9 Å². The fraction of sp³-hybridized carbons (Fsp3) is 0.231. The first-order valence-corrected chi connectivity index (χ1v) is 10.5. The second-order valence-corrected chi connectivity index (χ2v) is 7.12. The zero-order valence-electron chi connectivity index (χ0n) is 18.1. The number of hydrogen-bond acceptors (Lipinski definition) is 4. The predicted octanol–water partition coefficient (Wildman–Crippen LogP) is 5.19. The number of nitrogens with one attached hydrogen (secondary N) is 1. The number of nitrogens with zero attached hydrogens (tertiary/aromatic N) is 2. The maximum atomic E-state index is 12.2. The fourth-order valence-electron chi connectivity index (χ4n) is 3.43. The van der Waals surface area contributed by atoms with Crippen molar-refractivity contribution in [1.82, 2.24) is 10.2 Å². The van der Waals surface area contributed by atoms with Gasteiger partial charge in [0.25, 0.3) is 0 Å². The highest BCUT2D eigenvalue weighted by Crippen LogP contribution is 2.40. The molecule has 31 heavy (non-hydrogen) atoms. The number of likely N-dealkylation sites (tertiary alicyclic amines) is 1. The van der Waals surface area contributed by atoms with Crippen LogP contribution in [0.5, 0.6) is 0 Å². The number of likely N-dealkylation sites (N-methyl/N-ethyl adjacent to an activating group) is 1. The summed E-state index contributed by atoms with van der Waals surface area (Å²) < 4.78 is 5.26. The number of allylic oxidation sites excluding steroid dienone is 4. The summed E-state index contributed by atoms with van der Waals surface area (Å²) >= 11 is 0. The number of hydrogen-bond donors (Lipinski definition) is 1. The van der Waals surface area contributed by atoms with Gasteiger partial charge in [0.1, 0.15) is 12.4 Å². The molecule has 1 aliphatic rings. The van der Waals surface area contributed by atoms with Crippen LogP contribution in [0.1, 0.15) is 35.3 Å². The highest BCUT2D eigenvalue weighted by atomic mass is 16.5. The standard InChI is InChI=1S/C26H29N3O2/c1-4-6-12-23(5-2)29-24(19-25(29)28-22-10-8-7-9-11-22)20-13-15-21(16-14-20)26(30)31-18-17-27-3/h4-16,24,27H,1,17-19H2,2-3H3/b12-6-,23-5+,28-25?. The van der Waals surface area contributed by atoms with E-state index in [0.717, 1.165) is 29.2 Å². The minimum absolute atomic E-state index is 0.150. The third-order valence-corrected chi connectivity index (χ3v) is 5.07. The van der Waals surface area contributed by atoms with Crippen LogP contribution in [0.4, 0.5) is 5.69 Å². The molecule has 1 unspecified atom stereocenters. The Bertz CT molecular complexity index is 975. The molecule has 0 aliphatic carbocycles. The number of benzene rings is 2. The quantitative estimate of drug-likeness (QED) is 0.348. The molecule has 0 bridgehead atoms. The molecule has 0 amide bonds. The number of carbonyl (C=O) groups excluding carboxylic acids is 1. The molecule has 3 rings (SSSR count). The minimum Gasteiger partial charge on any atom is -0.461 e. The first-order valence-electron chi connectivity index (χ1n) is 10.5. The second-order valence-electron chi connectivity index (χ2n) is 7.12. The average molecular weight is 416 g/mol. The molecule has 0 radical (unpaired) electrons. The third kappa shape index (κ3) is 5.58. The molecule has 1 aliphatic heterocycles. The Labute approximate surface area is 184 Å². The average Bonchev–Trinajstić information content (AvgIpc) is 2.80. The Kier molecular flexibility index (Phi) is 7.96. The van der Waals surface area contributed by atoms with Crippen LogP contribution < -0.4 is 5.32 Å². The van der Waals surface area contributed by atoms with Crippen LogP contribution in [0.3, 0.4) is 0 Å². The van der Waals surface area contributed by atoms with Crippen molar-refractivity contribution >= 4 is 17.5 Å². The molecule has 2 aromatic carbocycles. The van der Waals surface area contributed by atoms with E-state index < -0.39 is 0 Å². The molecule has 1 atom stereocenters. The number of carbonyl (C=O) groups is 1. The molecular weight excluding hydrogens is 386 g/mol. The summed E-state index contributed by atoms with van der Waals surface area (Å²) in [5, 5.41) is 2.96. The van der Waals surface area contributed by atoms with E-state index in [1.165, 1.54) is 0 Å². The largest absolute Gasteiger partial charge is 0.461 e. The van der Waals surface area contributed by atoms with Gasteiger partial charge in [0.2, 0.25) is 0 Å². The number of rotatable bonds is 9. The van der Waals surface area contributed by atoms with Gasteiger partial charge in [0, 0.05) is 18.7 Å². The maximum absolute atomic E-state index is 12.2. The van der Waals surface area contributed by atoms with Crippen LogP contribution in [0.2, 0.25) is 0 Å². The van der Waals surface area contributed by atoms with E-state index >= 15 is 0 Å². The Hall–Kier alpha value is -3.44. The van der Waals surface area contributed by atoms with Crippen molar-refractivity contribution in [3.63, 3.8) is 0 Å². The van der Waals surface area contributed by atoms with Crippen molar-refractivity contribution in [1.29, 1.82) is 0 Å². The summed E-state index contributed by atoms with van der Waals surface area (Å²) in [7, 11) is 1.83. The van der Waals surface area contributed by atoms with E-state index in [0.29, 0.717) is 18.7 Å². The van der Waals surface area contributed by atoms with Crippen molar-refractivity contribution in [3.05, 3.63) is 102 Å². The first-order chi connectivity index (χ1) is 15.2. The van der Waals surface area contributed by atoms with Gasteiger partial charge in [0.05, 0.1) is 17.3 Å². The van der Waals surface area contributed by atoms with Crippen molar-refractivity contribution < 1.29 is 9.53 Å². The van der Waals surface area contributed by atoms with Gasteiger partial charge in [-0.15, -0.1) is 0 Å². The summed E-state index contributed by atoms with van der Waals surface area (Å²) in [6.07, 6.45) is 8.61. The van der Waals surface area contributed by atoms with E-state index in [1.807, 2.05) is 80.7 Å². The second kappa shape index (κ2) is 11.1. The lowest BCUT2D eigenvalue weighted by Crippen LogP contribution is -2.45. The Morgan fingerprint density at radius 3 is 2.61 bits per heavy atom. The van der Waals surface area contributed by atoms with Crippen molar-refractivity contribution in [3.8, 4) is 0 Å². The summed E-state index contributed by atoms with van der Waals surface area (Å²) in [5.74, 6) is 0.704. The number of ether oxygens (including phenoxy) is 1. The molecule has 1 saturated heterocycles. The summed E-state index contributed by atoms with van der Waals surface area (Å²) in [6.45, 7) is 6.78. The van der Waals surface area contributed by atoms with Crippen LogP contribution in [-0.2, 0) is 4.74 Å². The van der Waals surface area contributed by atoms with Crippen molar-refractivity contribution in [2.75, 3.05) is 20.2 Å². The zero-order valence-corrected chi connectivity index (χ0v) is 18.1. The SMILES string of the molecule is C=C/C=C\C(=C/C)N1C(=Nc2ccccc2)CC1c1ccc(C(=O)OCCNC)cc1. The van der Waals surface area contributed by atoms with Crippen LogP contribution in [0.25, 0.3) is 0 Å². The molecule has 2 aromatic rings. The van der Waals surface area contributed by atoms with E-state index in [4.69, 9.17) is 9.73 Å². The number of esters is 1. The Morgan fingerprint density at radius 2 is 1.97 bits per heavy atom.